The van der Waals surface area contributed by atoms with Gasteiger partial charge in [0.1, 0.15) is 23.8 Å². The van der Waals surface area contributed by atoms with Crippen LogP contribution in [0.3, 0.4) is 0 Å². The Bertz CT molecular complexity index is 1390. The van der Waals surface area contributed by atoms with Gasteiger partial charge in [-0.3, -0.25) is 4.90 Å². The first-order valence-electron chi connectivity index (χ1n) is 12.6. The first-order chi connectivity index (χ1) is 18.1. The van der Waals surface area contributed by atoms with Crippen LogP contribution >= 0.6 is 0 Å². The Balaban J connectivity index is 1.20. The molecule has 0 atom stereocenters. The number of pyridine rings is 1. The van der Waals surface area contributed by atoms with Gasteiger partial charge in [0, 0.05) is 31.3 Å². The minimum absolute atomic E-state index is 0.251. The van der Waals surface area contributed by atoms with E-state index in [4.69, 9.17) is 24.7 Å². The lowest BCUT2D eigenvalue weighted by molar-refractivity contribution is 0.178. The summed E-state index contributed by atoms with van der Waals surface area (Å²) in [5.74, 6) is 1.59. The molecular formula is C29H30FN5O2. The summed E-state index contributed by atoms with van der Waals surface area (Å²) >= 11 is 0. The summed E-state index contributed by atoms with van der Waals surface area (Å²) in [6.07, 6.45) is 1.97. The highest BCUT2D eigenvalue weighted by atomic mass is 19.1. The Labute approximate surface area is 216 Å². The second kappa shape index (κ2) is 11.5. The minimum atomic E-state index is -0.251. The van der Waals surface area contributed by atoms with Crippen LogP contribution in [0.25, 0.3) is 11.0 Å². The van der Waals surface area contributed by atoms with E-state index in [0.29, 0.717) is 54.7 Å². The molecule has 0 unspecified atom stereocenters. The van der Waals surface area contributed by atoms with Crippen molar-refractivity contribution >= 4 is 11.0 Å². The molecule has 37 heavy (non-hydrogen) atoms. The number of likely N-dealkylation sites (tertiary alicyclic amines) is 1. The van der Waals surface area contributed by atoms with E-state index in [-0.39, 0.29) is 5.82 Å². The lowest BCUT2D eigenvalue weighted by Gasteiger charge is -2.31. The molecule has 0 aliphatic carbocycles. The van der Waals surface area contributed by atoms with Gasteiger partial charge < -0.3 is 14.0 Å². The van der Waals surface area contributed by atoms with E-state index < -0.39 is 0 Å². The fraction of sp³-hybridized carbons (Fsp3) is 0.345. The number of piperidine rings is 1. The van der Waals surface area contributed by atoms with Gasteiger partial charge in [0.15, 0.2) is 0 Å². The van der Waals surface area contributed by atoms with Gasteiger partial charge in [0.05, 0.1) is 30.3 Å². The Hall–Kier alpha value is -3.80. The second-order valence-corrected chi connectivity index (χ2v) is 9.33. The van der Waals surface area contributed by atoms with Gasteiger partial charge in [-0.2, -0.15) is 5.26 Å². The Morgan fingerprint density at radius 2 is 1.81 bits per heavy atom. The molecule has 0 spiro atoms. The number of imidazole rings is 1. The molecule has 0 bridgehead atoms. The number of nitrogens with zero attached hydrogens (tertiary/aromatic N) is 5. The number of hydrogen-bond acceptors (Lipinski definition) is 6. The van der Waals surface area contributed by atoms with Crippen LogP contribution in [0.15, 0.2) is 60.7 Å². The van der Waals surface area contributed by atoms with Crippen LogP contribution < -0.4 is 4.74 Å². The zero-order valence-corrected chi connectivity index (χ0v) is 20.9. The largest absolute Gasteiger partial charge is 0.473 e. The average molecular weight is 500 g/mol. The van der Waals surface area contributed by atoms with Crippen LogP contribution in [0.2, 0.25) is 0 Å². The zero-order valence-electron chi connectivity index (χ0n) is 20.9. The van der Waals surface area contributed by atoms with Gasteiger partial charge in [-0.1, -0.05) is 24.3 Å². The topological polar surface area (TPSA) is 76.2 Å². The summed E-state index contributed by atoms with van der Waals surface area (Å²) < 4.78 is 27.7. The molecule has 4 aromatic rings. The van der Waals surface area contributed by atoms with E-state index in [1.807, 2.05) is 34.9 Å². The van der Waals surface area contributed by atoms with Crippen molar-refractivity contribution < 1.29 is 13.9 Å². The molecule has 1 saturated heterocycles. The molecule has 3 heterocycles. The van der Waals surface area contributed by atoms with Crippen LogP contribution in [-0.4, -0.2) is 46.2 Å². The van der Waals surface area contributed by atoms with Gasteiger partial charge in [-0.05, 0) is 61.8 Å². The number of fused-ring (bicyclic) bond motifs is 1. The smallest absolute Gasteiger partial charge is 0.213 e. The number of hydrogen-bond donors (Lipinski definition) is 0. The van der Waals surface area contributed by atoms with Crippen molar-refractivity contribution in [1.29, 1.82) is 5.26 Å². The lowest BCUT2D eigenvalue weighted by atomic mass is 9.93. The van der Waals surface area contributed by atoms with Gasteiger partial charge in [0.2, 0.25) is 5.88 Å². The van der Waals surface area contributed by atoms with Crippen molar-refractivity contribution in [1.82, 2.24) is 19.4 Å². The number of aromatic nitrogens is 3. The molecule has 2 aromatic carbocycles. The number of methoxy groups -OCH3 is 1. The molecule has 1 aliphatic heterocycles. The SMILES string of the molecule is COCCn1c(CN2CCC(c3cccc(OCc4ccc(C#N)cc4)n3)CC2)nc2cccc(F)c21. The molecule has 0 saturated carbocycles. The summed E-state index contributed by atoms with van der Waals surface area (Å²) in [5.41, 5.74) is 3.91. The highest BCUT2D eigenvalue weighted by molar-refractivity contribution is 5.76. The van der Waals surface area contributed by atoms with Crippen molar-refractivity contribution in [2.75, 3.05) is 26.8 Å². The molecule has 8 heteroatoms. The number of benzene rings is 2. The Morgan fingerprint density at radius 1 is 1.03 bits per heavy atom. The number of rotatable bonds is 9. The van der Waals surface area contributed by atoms with E-state index in [0.717, 1.165) is 43.0 Å². The Kier molecular flexibility index (Phi) is 7.73. The average Bonchev–Trinajstić information content (AvgIpc) is 3.29. The fourth-order valence-corrected chi connectivity index (χ4v) is 4.89. The number of para-hydroxylation sites is 1. The third-order valence-electron chi connectivity index (χ3n) is 6.90. The molecule has 190 valence electrons. The molecule has 1 fully saturated rings. The molecule has 0 radical (unpaired) electrons. The summed E-state index contributed by atoms with van der Waals surface area (Å²) in [5, 5.41) is 8.95. The van der Waals surface area contributed by atoms with Gasteiger partial charge in [-0.15, -0.1) is 0 Å². The molecule has 0 amide bonds. The first-order valence-corrected chi connectivity index (χ1v) is 12.6. The summed E-state index contributed by atoms with van der Waals surface area (Å²) in [6.45, 7) is 3.98. The van der Waals surface area contributed by atoms with Crippen molar-refractivity contribution in [2.45, 2.75) is 38.5 Å². The lowest BCUT2D eigenvalue weighted by Crippen LogP contribution is -2.33. The van der Waals surface area contributed by atoms with Crippen LogP contribution in [0.5, 0.6) is 5.88 Å². The van der Waals surface area contributed by atoms with Crippen molar-refractivity contribution in [2.24, 2.45) is 0 Å². The number of halogens is 1. The van der Waals surface area contributed by atoms with E-state index in [1.54, 1.807) is 25.3 Å². The van der Waals surface area contributed by atoms with Crippen LogP contribution in [0.1, 0.15) is 41.4 Å². The monoisotopic (exact) mass is 499 g/mol. The van der Waals surface area contributed by atoms with E-state index in [9.17, 15) is 4.39 Å². The van der Waals surface area contributed by atoms with Crippen LogP contribution in [0, 0.1) is 17.1 Å². The molecular weight excluding hydrogens is 469 g/mol. The normalized spacial score (nSPS) is 14.6. The number of nitriles is 1. The van der Waals surface area contributed by atoms with Crippen molar-refractivity contribution in [3.63, 3.8) is 0 Å². The highest BCUT2D eigenvalue weighted by Gasteiger charge is 2.24. The molecule has 2 aromatic heterocycles. The summed E-state index contributed by atoms with van der Waals surface area (Å²) in [6, 6.07) is 20.5. The van der Waals surface area contributed by atoms with E-state index in [1.165, 1.54) is 6.07 Å². The predicted octanol–water partition coefficient (Wildman–Crippen LogP) is 5.05. The summed E-state index contributed by atoms with van der Waals surface area (Å²) in [4.78, 5) is 11.9. The standard InChI is InChI=1S/C29H30FN5O2/c1-36-17-16-35-27(32-26-6-2-4-24(30)29(26)35)19-34-14-12-23(13-15-34)25-5-3-7-28(33-25)37-20-22-10-8-21(18-31)9-11-22/h2-11,23H,12-17,19-20H2,1H3. The van der Waals surface area contributed by atoms with Crippen LogP contribution in [0.4, 0.5) is 4.39 Å². The van der Waals surface area contributed by atoms with Crippen molar-refractivity contribution in [3.8, 4) is 11.9 Å². The summed E-state index contributed by atoms with van der Waals surface area (Å²) in [7, 11) is 1.65. The third-order valence-corrected chi connectivity index (χ3v) is 6.90. The molecule has 7 nitrogen and oxygen atoms in total. The minimum Gasteiger partial charge on any atom is -0.473 e. The van der Waals surface area contributed by atoms with Crippen molar-refractivity contribution in [3.05, 3.63) is 89.1 Å². The van der Waals surface area contributed by atoms with E-state index >= 15 is 0 Å². The maximum Gasteiger partial charge on any atom is 0.213 e. The third kappa shape index (κ3) is 5.79. The van der Waals surface area contributed by atoms with E-state index in [2.05, 4.69) is 17.0 Å². The highest BCUT2D eigenvalue weighted by Crippen LogP contribution is 2.29. The molecule has 1 aliphatic rings. The van der Waals surface area contributed by atoms with Gasteiger partial charge >= 0.3 is 0 Å². The Morgan fingerprint density at radius 3 is 2.57 bits per heavy atom. The number of ether oxygens (including phenoxy) is 2. The quantitative estimate of drug-likeness (QED) is 0.321. The predicted molar refractivity (Wildman–Crippen MR) is 139 cm³/mol. The fourth-order valence-electron chi connectivity index (χ4n) is 4.89. The second-order valence-electron chi connectivity index (χ2n) is 9.33. The van der Waals surface area contributed by atoms with Gasteiger partial charge in [0.25, 0.3) is 0 Å². The van der Waals surface area contributed by atoms with Gasteiger partial charge in [-0.25, -0.2) is 14.4 Å². The maximum atomic E-state index is 14.6. The van der Waals surface area contributed by atoms with Crippen LogP contribution in [-0.2, 0) is 24.4 Å². The first kappa shape index (κ1) is 24.9. The zero-order chi connectivity index (χ0) is 25.6. The maximum absolute atomic E-state index is 14.6. The molecule has 0 N–H and O–H groups in total. The molecule has 5 rings (SSSR count).